The van der Waals surface area contributed by atoms with Gasteiger partial charge in [0.25, 0.3) is 0 Å². The summed E-state index contributed by atoms with van der Waals surface area (Å²) >= 11 is 0. The van der Waals surface area contributed by atoms with E-state index in [1.807, 2.05) is 0 Å². The van der Waals surface area contributed by atoms with Crippen LogP contribution in [-0.4, -0.2) is 69.6 Å². The third kappa shape index (κ3) is 3.01. The van der Waals surface area contributed by atoms with Crippen molar-refractivity contribution < 1.29 is 19.3 Å². The number of aliphatic hydroxyl groups is 2. The summed E-state index contributed by atoms with van der Waals surface area (Å²) in [6.07, 6.45) is -1.24. The Bertz CT molecular complexity index is 616. The Balaban J connectivity index is 2.32. The molecule has 1 aromatic rings. The Kier molecular flexibility index (Phi) is 4.59. The van der Waals surface area contributed by atoms with E-state index >= 15 is 0 Å². The molecule has 1 aromatic heterocycles. The number of aliphatic imine (C=N–C) groups is 1. The summed E-state index contributed by atoms with van der Waals surface area (Å²) in [6, 6.07) is 1.43. The molecule has 0 spiro atoms. The zero-order valence-electron chi connectivity index (χ0n) is 12.5. The number of hydrogen-bond acceptors (Lipinski definition) is 6. The Morgan fingerprint density at radius 1 is 1.64 bits per heavy atom. The first kappa shape index (κ1) is 16.5. The fraction of sp³-hybridized carbons (Fsp3) is 0.615. The van der Waals surface area contributed by atoms with Crippen molar-refractivity contribution in [3.63, 3.8) is 0 Å². The number of nitrogens with zero attached hydrogens (tertiary/aromatic N) is 4. The molecule has 4 atom stereocenters. The van der Waals surface area contributed by atoms with E-state index in [9.17, 15) is 14.3 Å². The van der Waals surface area contributed by atoms with Crippen molar-refractivity contribution in [3.8, 4) is 0 Å². The smallest absolute Gasteiger partial charge is 0.351 e. The standard InChI is InChI=1S/C13H19FN4O4/c1-13(14)10(20)8(6-19)22-11(13)18-5-4-9(16-12(18)21)15-7-17(2)3/h4-5,7-8,10-11,19-20H,6H2,1-3H3/b15-7+/t8-,10-,11-,13-/m1/s1. The van der Waals surface area contributed by atoms with Gasteiger partial charge in [-0.1, -0.05) is 0 Å². The van der Waals surface area contributed by atoms with E-state index < -0.39 is 36.4 Å². The van der Waals surface area contributed by atoms with Crippen LogP contribution >= 0.6 is 0 Å². The zero-order valence-corrected chi connectivity index (χ0v) is 12.5. The van der Waals surface area contributed by atoms with Crippen molar-refractivity contribution in [1.82, 2.24) is 14.5 Å². The lowest BCUT2D eigenvalue weighted by Crippen LogP contribution is -2.42. The maximum atomic E-state index is 14.6. The number of ether oxygens (including phenoxy) is 1. The quantitative estimate of drug-likeness (QED) is 0.571. The van der Waals surface area contributed by atoms with Crippen molar-refractivity contribution in [2.45, 2.75) is 31.0 Å². The molecule has 1 aliphatic heterocycles. The molecule has 2 heterocycles. The van der Waals surface area contributed by atoms with Crippen LogP contribution in [0.1, 0.15) is 13.2 Å². The van der Waals surface area contributed by atoms with E-state index in [1.54, 1.807) is 19.0 Å². The van der Waals surface area contributed by atoms with Crippen LogP contribution in [0.25, 0.3) is 0 Å². The third-order valence-corrected chi connectivity index (χ3v) is 3.39. The Hall–Kier alpha value is -1.84. The Morgan fingerprint density at radius 2 is 2.32 bits per heavy atom. The first-order valence-electron chi connectivity index (χ1n) is 6.70. The number of aliphatic hydroxyl groups excluding tert-OH is 2. The molecule has 122 valence electrons. The van der Waals surface area contributed by atoms with Crippen molar-refractivity contribution in [1.29, 1.82) is 0 Å². The van der Waals surface area contributed by atoms with Gasteiger partial charge in [0.1, 0.15) is 12.2 Å². The molecular formula is C13H19FN4O4. The molecule has 1 fully saturated rings. The first-order valence-corrected chi connectivity index (χ1v) is 6.70. The molecule has 0 amide bonds. The van der Waals surface area contributed by atoms with Crippen LogP contribution in [0.3, 0.4) is 0 Å². The SMILES string of the molecule is CN(C)/C=N/c1ccn([C@@H]2O[C@H](CO)[C@@H](O)[C@@]2(C)F)c(=O)n1. The molecule has 0 bridgehead atoms. The van der Waals surface area contributed by atoms with E-state index in [-0.39, 0.29) is 5.82 Å². The molecule has 0 aromatic carbocycles. The van der Waals surface area contributed by atoms with Gasteiger partial charge >= 0.3 is 5.69 Å². The Morgan fingerprint density at radius 3 is 2.82 bits per heavy atom. The summed E-state index contributed by atoms with van der Waals surface area (Å²) in [6.45, 7) is 0.563. The van der Waals surface area contributed by atoms with E-state index in [0.717, 1.165) is 11.5 Å². The number of halogens is 1. The predicted octanol–water partition coefficient (Wildman–Crippen LogP) is -0.556. The van der Waals surface area contributed by atoms with Crippen LogP contribution in [0.2, 0.25) is 0 Å². The maximum Gasteiger partial charge on any atom is 0.351 e. The molecule has 1 saturated heterocycles. The molecule has 0 unspecified atom stereocenters. The van der Waals surface area contributed by atoms with Gasteiger partial charge in [0.2, 0.25) is 0 Å². The average Bonchev–Trinajstić information content (AvgIpc) is 2.68. The summed E-state index contributed by atoms with van der Waals surface area (Å²) in [5.74, 6) is 0.174. The van der Waals surface area contributed by atoms with Crippen LogP contribution in [0, 0.1) is 0 Å². The molecule has 8 nitrogen and oxygen atoms in total. The highest BCUT2D eigenvalue weighted by atomic mass is 19.1. The fourth-order valence-corrected chi connectivity index (χ4v) is 2.19. The highest BCUT2D eigenvalue weighted by Gasteiger charge is 2.55. The zero-order chi connectivity index (χ0) is 16.5. The van der Waals surface area contributed by atoms with Crippen LogP contribution < -0.4 is 5.69 Å². The van der Waals surface area contributed by atoms with Gasteiger partial charge in [-0.15, -0.1) is 0 Å². The lowest BCUT2D eigenvalue weighted by molar-refractivity contribution is -0.0610. The van der Waals surface area contributed by atoms with Crippen molar-refractivity contribution in [3.05, 3.63) is 22.7 Å². The number of alkyl halides is 1. The normalized spacial score (nSPS) is 31.8. The summed E-state index contributed by atoms with van der Waals surface area (Å²) in [5, 5.41) is 18.9. The highest BCUT2D eigenvalue weighted by molar-refractivity contribution is 5.58. The number of rotatable bonds is 4. The molecule has 22 heavy (non-hydrogen) atoms. The van der Waals surface area contributed by atoms with Gasteiger partial charge in [-0.05, 0) is 13.0 Å². The Labute approximate surface area is 126 Å². The fourth-order valence-electron chi connectivity index (χ4n) is 2.19. The maximum absolute atomic E-state index is 14.6. The third-order valence-electron chi connectivity index (χ3n) is 3.39. The van der Waals surface area contributed by atoms with Gasteiger partial charge in [-0.3, -0.25) is 4.57 Å². The van der Waals surface area contributed by atoms with Gasteiger partial charge in [-0.2, -0.15) is 4.98 Å². The second kappa shape index (κ2) is 6.11. The second-order valence-electron chi connectivity index (χ2n) is 5.49. The lowest BCUT2D eigenvalue weighted by atomic mass is 9.98. The van der Waals surface area contributed by atoms with Gasteiger partial charge in [0, 0.05) is 20.3 Å². The molecule has 0 saturated carbocycles. The second-order valence-corrected chi connectivity index (χ2v) is 5.49. The minimum atomic E-state index is -2.23. The van der Waals surface area contributed by atoms with Crippen LogP contribution in [-0.2, 0) is 4.74 Å². The van der Waals surface area contributed by atoms with E-state index in [0.29, 0.717) is 0 Å². The molecular weight excluding hydrogens is 295 g/mol. The van der Waals surface area contributed by atoms with Crippen LogP contribution in [0.5, 0.6) is 0 Å². The molecule has 0 aliphatic carbocycles. The molecule has 2 rings (SSSR count). The molecule has 2 N–H and O–H groups in total. The largest absolute Gasteiger partial charge is 0.394 e. The lowest BCUT2D eigenvalue weighted by Gasteiger charge is -2.24. The summed E-state index contributed by atoms with van der Waals surface area (Å²) in [4.78, 5) is 21.4. The van der Waals surface area contributed by atoms with Gasteiger partial charge in [0.05, 0.1) is 12.9 Å². The number of aromatic nitrogens is 2. The van der Waals surface area contributed by atoms with E-state index in [2.05, 4.69) is 9.98 Å². The van der Waals surface area contributed by atoms with Gasteiger partial charge in [0.15, 0.2) is 17.7 Å². The van der Waals surface area contributed by atoms with Crippen LogP contribution in [0.15, 0.2) is 22.1 Å². The molecule has 9 heteroatoms. The van der Waals surface area contributed by atoms with Crippen molar-refractivity contribution in [2.24, 2.45) is 4.99 Å². The average molecular weight is 314 g/mol. The van der Waals surface area contributed by atoms with Crippen LogP contribution in [0.4, 0.5) is 10.2 Å². The number of hydrogen-bond donors (Lipinski definition) is 2. The minimum absolute atomic E-state index is 0.174. The van der Waals surface area contributed by atoms with Crippen molar-refractivity contribution in [2.75, 3.05) is 20.7 Å². The summed E-state index contributed by atoms with van der Waals surface area (Å²) in [5.41, 5.74) is -2.99. The molecule has 1 aliphatic rings. The topological polar surface area (TPSA) is 100 Å². The van der Waals surface area contributed by atoms with Gasteiger partial charge in [-0.25, -0.2) is 14.2 Å². The van der Waals surface area contributed by atoms with Gasteiger partial charge < -0.3 is 19.8 Å². The summed E-state index contributed by atoms with van der Waals surface area (Å²) in [7, 11) is 3.53. The first-order chi connectivity index (χ1) is 10.3. The minimum Gasteiger partial charge on any atom is -0.394 e. The van der Waals surface area contributed by atoms with E-state index in [4.69, 9.17) is 9.84 Å². The predicted molar refractivity (Wildman–Crippen MR) is 76.9 cm³/mol. The monoisotopic (exact) mass is 314 g/mol. The summed E-state index contributed by atoms with van der Waals surface area (Å²) < 4.78 is 20.8. The van der Waals surface area contributed by atoms with E-state index in [1.165, 1.54) is 18.6 Å². The molecule has 0 radical (unpaired) electrons. The highest BCUT2D eigenvalue weighted by Crippen LogP contribution is 2.40. The van der Waals surface area contributed by atoms with Crippen molar-refractivity contribution >= 4 is 12.2 Å².